The average molecular weight is 568 g/mol. The van der Waals surface area contributed by atoms with Gasteiger partial charge < -0.3 is 15.0 Å². The number of halogens is 1. The molecular formula is C32H30FN5O2S. The number of rotatable bonds is 6. The molecule has 1 saturated heterocycles. The average Bonchev–Trinajstić information content (AvgIpc) is 3.66. The van der Waals surface area contributed by atoms with Crippen molar-refractivity contribution in [3.05, 3.63) is 77.2 Å². The molecule has 1 fully saturated rings. The minimum absolute atomic E-state index is 0.127. The molecule has 208 valence electrons. The van der Waals surface area contributed by atoms with E-state index in [2.05, 4.69) is 35.0 Å². The lowest BCUT2D eigenvalue weighted by Crippen LogP contribution is -2.50. The zero-order valence-corrected chi connectivity index (χ0v) is 23.8. The summed E-state index contributed by atoms with van der Waals surface area (Å²) < 4.78 is 22.9. The van der Waals surface area contributed by atoms with E-state index in [0.29, 0.717) is 25.3 Å². The van der Waals surface area contributed by atoms with Gasteiger partial charge in [-0.1, -0.05) is 19.1 Å². The van der Waals surface area contributed by atoms with Crippen molar-refractivity contribution < 1.29 is 13.9 Å². The van der Waals surface area contributed by atoms with Crippen LogP contribution in [0.4, 0.5) is 4.39 Å². The first-order valence-corrected chi connectivity index (χ1v) is 14.8. The molecule has 0 saturated carbocycles. The first-order valence-electron chi connectivity index (χ1n) is 13.9. The minimum atomic E-state index is -0.355. The van der Waals surface area contributed by atoms with Crippen LogP contribution in [0.2, 0.25) is 0 Å². The van der Waals surface area contributed by atoms with E-state index >= 15 is 0 Å². The molecule has 0 radical (unpaired) electrons. The fourth-order valence-electron chi connectivity index (χ4n) is 5.91. The largest absolute Gasteiger partial charge is 0.496 e. The maximum Gasteiger partial charge on any atom is 0.222 e. The van der Waals surface area contributed by atoms with Crippen molar-refractivity contribution in [2.75, 3.05) is 26.7 Å². The monoisotopic (exact) mass is 567 g/mol. The third-order valence-electron chi connectivity index (χ3n) is 8.17. The molecule has 41 heavy (non-hydrogen) atoms. The van der Waals surface area contributed by atoms with Gasteiger partial charge in [0.1, 0.15) is 11.6 Å². The van der Waals surface area contributed by atoms with Gasteiger partial charge >= 0.3 is 0 Å². The van der Waals surface area contributed by atoms with Crippen LogP contribution in [0, 0.1) is 5.82 Å². The third-order valence-corrected chi connectivity index (χ3v) is 9.11. The smallest absolute Gasteiger partial charge is 0.222 e. The van der Waals surface area contributed by atoms with Crippen LogP contribution >= 0.6 is 11.3 Å². The molecule has 7 nitrogen and oxygen atoms in total. The van der Waals surface area contributed by atoms with E-state index in [-0.39, 0.29) is 17.8 Å². The zero-order chi connectivity index (χ0) is 28.1. The Morgan fingerprint density at radius 1 is 1.12 bits per heavy atom. The van der Waals surface area contributed by atoms with Gasteiger partial charge in [0.25, 0.3) is 0 Å². The summed E-state index contributed by atoms with van der Waals surface area (Å²) in [6, 6.07) is 13.5. The highest BCUT2D eigenvalue weighted by atomic mass is 32.1. The lowest BCUT2D eigenvalue weighted by Gasteiger charge is -2.39. The molecule has 0 unspecified atom stereocenters. The minimum Gasteiger partial charge on any atom is -0.496 e. The summed E-state index contributed by atoms with van der Waals surface area (Å²) >= 11 is 1.64. The molecule has 7 rings (SSSR count). The number of nitrogens with zero attached hydrogens (tertiary/aromatic N) is 4. The Bertz CT molecular complexity index is 1790. The molecule has 5 heterocycles. The Balaban J connectivity index is 1.40. The topological polar surface area (TPSA) is 72.3 Å². The number of ether oxygens (including phenoxy) is 1. The van der Waals surface area contributed by atoms with Gasteiger partial charge in [-0.2, -0.15) is 5.10 Å². The van der Waals surface area contributed by atoms with E-state index in [1.54, 1.807) is 24.5 Å². The molecule has 2 aliphatic rings. The van der Waals surface area contributed by atoms with Gasteiger partial charge in [0.2, 0.25) is 5.91 Å². The number of carbonyl (C=O) groups excluding carboxylic acids is 1. The Morgan fingerprint density at radius 3 is 2.83 bits per heavy atom. The van der Waals surface area contributed by atoms with E-state index in [1.807, 2.05) is 28.9 Å². The maximum absolute atomic E-state index is 14.3. The number of fused-ring (bicyclic) bond motifs is 2. The normalized spacial score (nSPS) is 15.1. The van der Waals surface area contributed by atoms with Crippen LogP contribution in [0.25, 0.3) is 43.7 Å². The third kappa shape index (κ3) is 4.49. The number of likely N-dealkylation sites (tertiary alicyclic amines) is 1. The van der Waals surface area contributed by atoms with Crippen LogP contribution in [-0.4, -0.2) is 52.3 Å². The number of hydrogen-bond acceptors (Lipinski definition) is 6. The van der Waals surface area contributed by atoms with Gasteiger partial charge in [0.15, 0.2) is 0 Å². The number of nitrogens with one attached hydrogen (secondary N) is 1. The van der Waals surface area contributed by atoms with Crippen molar-refractivity contribution in [2.45, 2.75) is 32.4 Å². The number of thiophene rings is 1. The molecule has 2 aromatic carbocycles. The van der Waals surface area contributed by atoms with Gasteiger partial charge in [-0.15, -0.1) is 11.3 Å². The zero-order valence-electron chi connectivity index (χ0n) is 23.0. The standard InChI is InChI=1S/C32H30FN5O2S/c1-3-28(39)37-17-24(18-37)38-16-22(15-35-38)31-29(25-7-6-23(33)13-27(25)40-2)32-26(9-11-41-32)30(36-31)20-4-5-21-14-34-10-8-19(21)12-20/h4-7,9,11-13,15-16,24,34H,3,8,10,14,17-18H2,1-2H3. The van der Waals surface area contributed by atoms with Gasteiger partial charge in [0, 0.05) is 70.7 Å². The fourth-order valence-corrected chi connectivity index (χ4v) is 6.87. The summed E-state index contributed by atoms with van der Waals surface area (Å²) in [5.74, 6) is 0.262. The van der Waals surface area contributed by atoms with Crippen LogP contribution in [-0.2, 0) is 17.8 Å². The molecule has 5 aromatic rings. The van der Waals surface area contributed by atoms with E-state index in [9.17, 15) is 9.18 Å². The Morgan fingerprint density at radius 2 is 2.00 bits per heavy atom. The number of benzene rings is 2. The first-order chi connectivity index (χ1) is 20.0. The predicted molar refractivity (Wildman–Crippen MR) is 160 cm³/mol. The van der Waals surface area contributed by atoms with Crippen LogP contribution in [0.15, 0.2) is 60.2 Å². The summed E-state index contributed by atoms with van der Waals surface area (Å²) in [6.07, 6.45) is 5.35. The number of carbonyl (C=O) groups is 1. The van der Waals surface area contributed by atoms with Gasteiger partial charge in [-0.25, -0.2) is 9.37 Å². The SMILES string of the molecule is CCC(=O)N1CC(n2cc(-c3nc(-c4ccc5c(c4)CCNC5)c4ccsc4c3-c3ccc(F)cc3OC)cn2)C1. The van der Waals surface area contributed by atoms with Crippen LogP contribution < -0.4 is 10.1 Å². The highest BCUT2D eigenvalue weighted by molar-refractivity contribution is 7.18. The predicted octanol–water partition coefficient (Wildman–Crippen LogP) is 6.08. The fraction of sp³-hybridized carbons (Fsp3) is 0.281. The van der Waals surface area contributed by atoms with E-state index in [1.165, 1.54) is 23.3 Å². The van der Waals surface area contributed by atoms with Crippen LogP contribution in [0.1, 0.15) is 30.5 Å². The second kappa shape index (κ2) is 10.4. The summed E-state index contributed by atoms with van der Waals surface area (Å²) in [5.41, 5.74) is 7.98. The van der Waals surface area contributed by atoms with E-state index in [4.69, 9.17) is 14.8 Å². The Kier molecular flexibility index (Phi) is 6.55. The molecule has 1 amide bonds. The van der Waals surface area contributed by atoms with Crippen molar-refractivity contribution in [3.63, 3.8) is 0 Å². The van der Waals surface area contributed by atoms with Crippen LogP contribution in [0.5, 0.6) is 5.75 Å². The second-order valence-corrected chi connectivity index (χ2v) is 11.5. The molecule has 1 N–H and O–H groups in total. The van der Waals surface area contributed by atoms with E-state index in [0.717, 1.165) is 63.2 Å². The van der Waals surface area contributed by atoms with Crippen LogP contribution in [0.3, 0.4) is 0 Å². The highest BCUT2D eigenvalue weighted by Gasteiger charge is 2.32. The van der Waals surface area contributed by atoms with E-state index < -0.39 is 0 Å². The molecule has 3 aromatic heterocycles. The number of amides is 1. The van der Waals surface area contributed by atoms with Crippen molar-refractivity contribution in [3.8, 4) is 39.4 Å². The summed E-state index contributed by atoms with van der Waals surface area (Å²) in [4.78, 5) is 19.3. The lowest BCUT2D eigenvalue weighted by atomic mass is 9.93. The Hall–Kier alpha value is -4.08. The van der Waals surface area contributed by atoms with Crippen molar-refractivity contribution in [1.29, 1.82) is 0 Å². The molecule has 0 atom stereocenters. The summed E-state index contributed by atoms with van der Waals surface area (Å²) in [5, 5.41) is 11.3. The Labute approximate surface area is 241 Å². The van der Waals surface area contributed by atoms with Crippen molar-refractivity contribution in [1.82, 2.24) is 25.0 Å². The highest BCUT2D eigenvalue weighted by Crippen LogP contribution is 2.46. The van der Waals surface area contributed by atoms with Gasteiger partial charge in [0.05, 0.1) is 30.7 Å². The number of methoxy groups -OCH3 is 1. The van der Waals surface area contributed by atoms with Gasteiger partial charge in [-0.05, 0) is 53.7 Å². The molecular weight excluding hydrogens is 537 g/mol. The lowest BCUT2D eigenvalue weighted by molar-refractivity contribution is -0.136. The number of pyridine rings is 1. The molecule has 0 spiro atoms. The quantitative estimate of drug-likeness (QED) is 0.269. The van der Waals surface area contributed by atoms with Crippen molar-refractivity contribution >= 4 is 27.3 Å². The van der Waals surface area contributed by atoms with Crippen molar-refractivity contribution in [2.24, 2.45) is 0 Å². The van der Waals surface area contributed by atoms with Gasteiger partial charge in [-0.3, -0.25) is 9.48 Å². The number of aromatic nitrogens is 3. The first kappa shape index (κ1) is 25.9. The summed E-state index contributed by atoms with van der Waals surface area (Å²) in [6.45, 7) is 5.04. The number of hydrogen-bond donors (Lipinski definition) is 1. The summed E-state index contributed by atoms with van der Waals surface area (Å²) in [7, 11) is 1.56. The molecule has 0 aliphatic carbocycles. The molecule has 9 heteroatoms. The molecule has 0 bridgehead atoms. The maximum atomic E-state index is 14.3. The second-order valence-electron chi connectivity index (χ2n) is 10.6. The molecule has 2 aliphatic heterocycles.